The molecule has 1 aromatic rings. The molecule has 2 N–H and O–H groups in total. The van der Waals surface area contributed by atoms with E-state index in [1.165, 1.54) is 30.4 Å². The lowest BCUT2D eigenvalue weighted by molar-refractivity contribution is -0.125. The minimum Gasteiger partial charge on any atom is -0.354 e. The molecule has 0 spiro atoms. The summed E-state index contributed by atoms with van der Waals surface area (Å²) in [4.78, 5) is 18.6. The number of aliphatic imine (C=N–C) groups is 1. The summed E-state index contributed by atoms with van der Waals surface area (Å²) in [5.41, 5.74) is 2.52. The van der Waals surface area contributed by atoms with Crippen molar-refractivity contribution in [3.8, 4) is 0 Å². The maximum atomic E-state index is 12.1. The van der Waals surface area contributed by atoms with Crippen molar-refractivity contribution in [1.82, 2.24) is 15.5 Å². The SMILES string of the molecule is CN=C(NCCNC(=O)C1CCCCC1)N(C)Cc1ccc(C)cc1.I. The smallest absolute Gasteiger partial charge is 0.223 e. The fourth-order valence-corrected chi connectivity index (χ4v) is 3.30. The molecule has 5 nitrogen and oxygen atoms in total. The number of carbonyl (C=O) groups excluding carboxylic acids is 1. The first kappa shape index (κ1) is 22.7. The number of rotatable bonds is 6. The average Bonchev–Trinajstić information content (AvgIpc) is 2.64. The molecule has 1 aliphatic carbocycles. The first-order valence-corrected chi connectivity index (χ1v) is 9.35. The van der Waals surface area contributed by atoms with E-state index in [4.69, 9.17) is 0 Å². The van der Waals surface area contributed by atoms with Crippen molar-refractivity contribution < 1.29 is 4.79 Å². The van der Waals surface area contributed by atoms with Crippen molar-refractivity contribution in [2.24, 2.45) is 10.9 Å². The minimum absolute atomic E-state index is 0. The number of carbonyl (C=O) groups is 1. The van der Waals surface area contributed by atoms with Crippen LogP contribution in [0.2, 0.25) is 0 Å². The summed E-state index contributed by atoms with van der Waals surface area (Å²) in [6.45, 7) is 4.21. The highest BCUT2D eigenvalue weighted by Crippen LogP contribution is 2.23. The zero-order valence-corrected chi connectivity index (χ0v) is 18.6. The Kier molecular flexibility index (Phi) is 10.6. The van der Waals surface area contributed by atoms with Gasteiger partial charge in [-0.3, -0.25) is 9.79 Å². The molecule has 26 heavy (non-hydrogen) atoms. The number of guanidine groups is 1. The van der Waals surface area contributed by atoms with Crippen molar-refractivity contribution in [3.63, 3.8) is 0 Å². The Morgan fingerprint density at radius 3 is 2.35 bits per heavy atom. The predicted molar refractivity (Wildman–Crippen MR) is 119 cm³/mol. The summed E-state index contributed by atoms with van der Waals surface area (Å²) in [6.07, 6.45) is 5.73. The van der Waals surface area contributed by atoms with Crippen LogP contribution in [0.15, 0.2) is 29.3 Å². The van der Waals surface area contributed by atoms with Crippen LogP contribution in [0.1, 0.15) is 43.2 Å². The zero-order valence-electron chi connectivity index (χ0n) is 16.3. The number of hydrogen-bond donors (Lipinski definition) is 2. The van der Waals surface area contributed by atoms with E-state index in [0.717, 1.165) is 25.3 Å². The largest absolute Gasteiger partial charge is 0.354 e. The van der Waals surface area contributed by atoms with Gasteiger partial charge in [0, 0.05) is 39.6 Å². The van der Waals surface area contributed by atoms with Crippen molar-refractivity contribution in [1.29, 1.82) is 0 Å². The van der Waals surface area contributed by atoms with E-state index in [9.17, 15) is 4.79 Å². The molecule has 0 radical (unpaired) electrons. The molecular weight excluding hydrogens is 439 g/mol. The number of benzene rings is 1. The zero-order chi connectivity index (χ0) is 18.1. The van der Waals surface area contributed by atoms with Crippen molar-refractivity contribution in [3.05, 3.63) is 35.4 Å². The minimum atomic E-state index is 0. The molecule has 0 bridgehead atoms. The summed E-state index contributed by atoms with van der Waals surface area (Å²) in [6, 6.07) is 8.54. The maximum absolute atomic E-state index is 12.1. The Morgan fingerprint density at radius 2 is 1.73 bits per heavy atom. The van der Waals surface area contributed by atoms with Gasteiger partial charge in [0.15, 0.2) is 5.96 Å². The van der Waals surface area contributed by atoms with Gasteiger partial charge in [0.1, 0.15) is 0 Å². The fourth-order valence-electron chi connectivity index (χ4n) is 3.30. The van der Waals surface area contributed by atoms with Gasteiger partial charge >= 0.3 is 0 Å². The number of amides is 1. The first-order chi connectivity index (χ1) is 12.1. The average molecular weight is 472 g/mol. The molecule has 1 fully saturated rings. The van der Waals surface area contributed by atoms with Crippen LogP contribution < -0.4 is 10.6 Å². The van der Waals surface area contributed by atoms with E-state index in [1.807, 2.05) is 7.05 Å². The van der Waals surface area contributed by atoms with Crippen molar-refractivity contribution in [2.75, 3.05) is 27.2 Å². The lowest BCUT2D eigenvalue weighted by atomic mass is 9.89. The molecule has 0 aromatic heterocycles. The van der Waals surface area contributed by atoms with Gasteiger partial charge in [0.2, 0.25) is 5.91 Å². The molecule has 0 saturated heterocycles. The molecule has 1 amide bonds. The van der Waals surface area contributed by atoms with Crippen LogP contribution in [-0.2, 0) is 11.3 Å². The van der Waals surface area contributed by atoms with E-state index in [2.05, 4.69) is 51.7 Å². The van der Waals surface area contributed by atoms with Gasteiger partial charge in [-0.1, -0.05) is 49.1 Å². The maximum Gasteiger partial charge on any atom is 0.223 e. The Hall–Kier alpha value is -1.31. The number of halogens is 1. The van der Waals surface area contributed by atoms with Crippen LogP contribution >= 0.6 is 24.0 Å². The normalized spacial score (nSPS) is 15.1. The quantitative estimate of drug-likeness (QED) is 0.289. The van der Waals surface area contributed by atoms with E-state index in [1.54, 1.807) is 7.05 Å². The Bertz CT molecular complexity index is 568. The van der Waals surface area contributed by atoms with Gasteiger partial charge in [-0.25, -0.2) is 0 Å². The van der Waals surface area contributed by atoms with Crippen LogP contribution in [0.3, 0.4) is 0 Å². The molecule has 1 saturated carbocycles. The molecule has 6 heteroatoms. The molecule has 1 aromatic carbocycles. The summed E-state index contributed by atoms with van der Waals surface area (Å²) in [5, 5.41) is 6.37. The summed E-state index contributed by atoms with van der Waals surface area (Å²) < 4.78 is 0. The second-order valence-corrected chi connectivity index (χ2v) is 6.94. The number of hydrogen-bond acceptors (Lipinski definition) is 2. The third-order valence-corrected chi connectivity index (χ3v) is 4.80. The topological polar surface area (TPSA) is 56.7 Å². The van der Waals surface area contributed by atoms with Crippen molar-refractivity contribution in [2.45, 2.75) is 45.6 Å². The number of aryl methyl sites for hydroxylation is 1. The van der Waals surface area contributed by atoms with Gasteiger partial charge in [0.25, 0.3) is 0 Å². The van der Waals surface area contributed by atoms with Gasteiger partial charge in [-0.05, 0) is 25.3 Å². The third kappa shape index (κ3) is 7.51. The second kappa shape index (κ2) is 12.1. The van der Waals surface area contributed by atoms with Crippen LogP contribution in [0.25, 0.3) is 0 Å². The second-order valence-electron chi connectivity index (χ2n) is 6.94. The molecular formula is C20H33IN4O. The number of nitrogens with one attached hydrogen (secondary N) is 2. The molecule has 0 aliphatic heterocycles. The predicted octanol–water partition coefficient (Wildman–Crippen LogP) is 3.32. The summed E-state index contributed by atoms with van der Waals surface area (Å²) >= 11 is 0. The van der Waals surface area contributed by atoms with E-state index < -0.39 is 0 Å². The molecule has 2 rings (SSSR count). The fraction of sp³-hybridized carbons (Fsp3) is 0.600. The molecule has 0 atom stereocenters. The van der Waals surface area contributed by atoms with Gasteiger partial charge in [-0.15, -0.1) is 24.0 Å². The molecule has 0 unspecified atom stereocenters. The highest BCUT2D eigenvalue weighted by atomic mass is 127. The first-order valence-electron chi connectivity index (χ1n) is 9.35. The Balaban J connectivity index is 0.00000338. The van der Waals surface area contributed by atoms with E-state index >= 15 is 0 Å². The lowest BCUT2D eigenvalue weighted by Gasteiger charge is -2.23. The monoisotopic (exact) mass is 472 g/mol. The summed E-state index contributed by atoms with van der Waals surface area (Å²) in [5.74, 6) is 1.27. The Morgan fingerprint density at radius 1 is 1.12 bits per heavy atom. The lowest BCUT2D eigenvalue weighted by Crippen LogP contribution is -2.43. The number of nitrogens with zero attached hydrogens (tertiary/aromatic N) is 2. The molecule has 0 heterocycles. The van der Waals surface area contributed by atoms with Crippen LogP contribution in [0, 0.1) is 12.8 Å². The van der Waals surface area contributed by atoms with E-state index in [0.29, 0.717) is 13.1 Å². The third-order valence-electron chi connectivity index (χ3n) is 4.80. The van der Waals surface area contributed by atoms with Gasteiger partial charge in [0.05, 0.1) is 0 Å². The van der Waals surface area contributed by atoms with E-state index in [-0.39, 0.29) is 35.8 Å². The van der Waals surface area contributed by atoms with Gasteiger partial charge in [-0.2, -0.15) is 0 Å². The summed E-state index contributed by atoms with van der Waals surface area (Å²) in [7, 11) is 3.81. The Labute approximate surface area is 175 Å². The van der Waals surface area contributed by atoms with Crippen molar-refractivity contribution >= 4 is 35.8 Å². The van der Waals surface area contributed by atoms with Crippen LogP contribution in [0.4, 0.5) is 0 Å². The molecule has 1 aliphatic rings. The molecule has 146 valence electrons. The highest BCUT2D eigenvalue weighted by molar-refractivity contribution is 14.0. The van der Waals surface area contributed by atoms with Gasteiger partial charge < -0.3 is 15.5 Å². The highest BCUT2D eigenvalue weighted by Gasteiger charge is 2.20. The van der Waals surface area contributed by atoms with Crippen LogP contribution in [-0.4, -0.2) is 44.0 Å². The standard InChI is InChI=1S/C20H32N4O.HI/c1-16-9-11-17(12-10-16)15-24(3)20(21-2)23-14-13-22-19(25)18-7-5-4-6-8-18;/h9-12,18H,4-8,13-15H2,1-3H3,(H,21,23)(H,22,25);1H. The van der Waals surface area contributed by atoms with Crippen LogP contribution in [0.5, 0.6) is 0 Å².